The molecule has 0 radical (unpaired) electrons. The number of anilines is 2. The van der Waals surface area contributed by atoms with E-state index < -0.39 is 17.3 Å². The summed E-state index contributed by atoms with van der Waals surface area (Å²) in [7, 11) is 0. The number of aromatic nitrogens is 4. The smallest absolute Gasteiger partial charge is 0.355 e. The fourth-order valence-electron chi connectivity index (χ4n) is 6.35. The number of benzene rings is 1. The van der Waals surface area contributed by atoms with Crippen LogP contribution in [-0.2, 0) is 4.79 Å². The van der Waals surface area contributed by atoms with Crippen LogP contribution in [0.1, 0.15) is 38.3 Å². The highest BCUT2D eigenvalue weighted by atomic mass is 32.2. The molecule has 1 saturated carbocycles. The van der Waals surface area contributed by atoms with Gasteiger partial charge < -0.3 is 15.1 Å². The Morgan fingerprint density at radius 2 is 2.00 bits per heavy atom. The normalized spacial score (nSPS) is 19.3. The number of fused-ring (bicyclic) bond motifs is 6. The van der Waals surface area contributed by atoms with E-state index in [2.05, 4.69) is 21.9 Å². The lowest BCUT2D eigenvalue weighted by Gasteiger charge is -2.35. The molecule has 2 atom stereocenters. The van der Waals surface area contributed by atoms with E-state index in [1.807, 2.05) is 24.8 Å². The summed E-state index contributed by atoms with van der Waals surface area (Å²) >= 11 is 1.59. The predicted octanol–water partition coefficient (Wildman–Crippen LogP) is 5.13. The first-order valence-electron chi connectivity index (χ1n) is 14.8. The molecule has 0 unspecified atom stereocenters. The number of carbonyl (C=O) groups excluding carboxylic acids is 1. The number of hydrogen-bond acceptors (Lipinski definition) is 8. The molecule has 1 aliphatic carbocycles. The van der Waals surface area contributed by atoms with E-state index in [0.29, 0.717) is 60.1 Å². The number of piperazine rings is 1. The van der Waals surface area contributed by atoms with E-state index >= 15 is 8.78 Å². The van der Waals surface area contributed by atoms with E-state index in [1.165, 1.54) is 22.8 Å². The number of carbonyl (C=O) groups is 1. The molecule has 1 amide bonds. The molecule has 1 saturated heterocycles. The largest absolute Gasteiger partial charge is 0.384 e. The lowest BCUT2D eigenvalue weighted by atomic mass is 10.1. The highest BCUT2D eigenvalue weighted by Gasteiger charge is 2.51. The van der Waals surface area contributed by atoms with Crippen LogP contribution < -0.4 is 15.9 Å². The standard InChI is InChI=1S/C32H31F2N7O2S/c1-4-25(42)39-12-13-40(23-16-22(23)39)30-18-15-20(34)28-26-19(33)7-5-8-21(26)35-10-6-14-44-24-9-11-36-27(17(2)3)29(24)41(31(18)37-28)32(43)38-30/h4-5,7-9,11,15,17,22-23,35H,1,6,10,12-14,16H2,2-3H3/t22-,23+/m0/s1. The molecule has 226 valence electrons. The number of nitrogens with one attached hydrogen (secondary N) is 1. The predicted molar refractivity (Wildman–Crippen MR) is 168 cm³/mol. The third-order valence-electron chi connectivity index (χ3n) is 8.47. The Bertz CT molecular complexity index is 1900. The van der Waals surface area contributed by atoms with Gasteiger partial charge in [-0.05, 0) is 54.9 Å². The maximum atomic E-state index is 16.2. The van der Waals surface area contributed by atoms with Crippen molar-refractivity contribution in [3.8, 4) is 16.9 Å². The molecule has 3 aromatic heterocycles. The Morgan fingerprint density at radius 3 is 2.80 bits per heavy atom. The van der Waals surface area contributed by atoms with Crippen molar-refractivity contribution >= 4 is 40.2 Å². The van der Waals surface area contributed by atoms with Gasteiger partial charge in [0.2, 0.25) is 5.91 Å². The number of pyridine rings is 2. The van der Waals surface area contributed by atoms with Crippen LogP contribution in [0.15, 0.2) is 58.9 Å². The lowest BCUT2D eigenvalue weighted by molar-refractivity contribution is -0.126. The van der Waals surface area contributed by atoms with Gasteiger partial charge in [-0.2, -0.15) is 4.98 Å². The molecule has 2 bridgehead atoms. The third-order valence-corrected chi connectivity index (χ3v) is 9.60. The van der Waals surface area contributed by atoms with Crippen molar-refractivity contribution in [1.29, 1.82) is 0 Å². The second kappa shape index (κ2) is 11.0. The minimum absolute atomic E-state index is 0.00506. The zero-order valence-corrected chi connectivity index (χ0v) is 25.2. The van der Waals surface area contributed by atoms with Crippen LogP contribution in [0.3, 0.4) is 0 Å². The van der Waals surface area contributed by atoms with Crippen molar-refractivity contribution < 1.29 is 13.6 Å². The van der Waals surface area contributed by atoms with Gasteiger partial charge in [-0.15, -0.1) is 11.8 Å². The highest BCUT2D eigenvalue weighted by molar-refractivity contribution is 7.99. The number of rotatable bonds is 3. The van der Waals surface area contributed by atoms with Crippen LogP contribution in [0.5, 0.6) is 0 Å². The Hall–Kier alpha value is -4.32. The molecule has 44 heavy (non-hydrogen) atoms. The first kappa shape index (κ1) is 28.5. The summed E-state index contributed by atoms with van der Waals surface area (Å²) in [4.78, 5) is 45.2. The fourth-order valence-corrected chi connectivity index (χ4v) is 7.34. The molecule has 1 N–H and O–H groups in total. The summed E-state index contributed by atoms with van der Waals surface area (Å²) in [5, 5.41) is 3.59. The van der Waals surface area contributed by atoms with Crippen molar-refractivity contribution in [3.05, 3.63) is 77.0 Å². The quantitative estimate of drug-likeness (QED) is 0.317. The minimum Gasteiger partial charge on any atom is -0.384 e. The maximum Gasteiger partial charge on any atom is 0.355 e. The van der Waals surface area contributed by atoms with Crippen LogP contribution >= 0.6 is 11.8 Å². The van der Waals surface area contributed by atoms with E-state index in [0.717, 1.165) is 11.3 Å². The monoisotopic (exact) mass is 615 g/mol. The lowest BCUT2D eigenvalue weighted by Crippen LogP contribution is -2.49. The van der Waals surface area contributed by atoms with Crippen LogP contribution in [0.2, 0.25) is 0 Å². The molecule has 0 spiro atoms. The summed E-state index contributed by atoms with van der Waals surface area (Å²) in [5.41, 5.74) is 1.05. The van der Waals surface area contributed by atoms with E-state index in [1.54, 1.807) is 35.0 Å². The van der Waals surface area contributed by atoms with Gasteiger partial charge in [-0.25, -0.2) is 23.1 Å². The Labute approximate surface area is 257 Å². The highest BCUT2D eigenvalue weighted by Crippen LogP contribution is 2.42. The van der Waals surface area contributed by atoms with Gasteiger partial charge in [0.15, 0.2) is 11.5 Å². The molecular formula is C32H31F2N7O2S. The SMILES string of the molecule is C=CC(=O)N1CCN(c2nc(=O)n3c4nc(c(F)cc24)-c2c(F)cccc2NCCCSc2ccnc(C(C)C)c2-3)[C@@H]2C[C@@H]21. The first-order chi connectivity index (χ1) is 21.3. The van der Waals surface area contributed by atoms with Gasteiger partial charge in [0.25, 0.3) is 0 Å². The molecule has 2 aliphatic heterocycles. The van der Waals surface area contributed by atoms with Crippen molar-refractivity contribution in [2.45, 2.75) is 49.6 Å². The number of thioether (sulfide) groups is 1. The van der Waals surface area contributed by atoms with Crippen LogP contribution in [0.25, 0.3) is 28.0 Å². The number of nitrogens with zero attached hydrogens (tertiary/aromatic N) is 6. The first-order valence-corrected chi connectivity index (χ1v) is 15.7. The molecule has 5 heterocycles. The van der Waals surface area contributed by atoms with Crippen molar-refractivity contribution in [3.63, 3.8) is 0 Å². The van der Waals surface area contributed by atoms with Gasteiger partial charge in [-0.1, -0.05) is 26.5 Å². The molecule has 7 rings (SSSR count). The molecule has 9 nitrogen and oxygen atoms in total. The number of hydrogen-bond donors (Lipinski definition) is 1. The molecule has 1 aromatic carbocycles. The maximum absolute atomic E-state index is 16.2. The van der Waals surface area contributed by atoms with E-state index in [4.69, 9.17) is 4.98 Å². The van der Waals surface area contributed by atoms with Gasteiger partial charge in [-0.3, -0.25) is 9.78 Å². The zero-order valence-electron chi connectivity index (χ0n) is 24.4. The molecule has 2 fully saturated rings. The Balaban J connectivity index is 1.53. The van der Waals surface area contributed by atoms with Gasteiger partial charge in [0.1, 0.15) is 17.3 Å². The second-order valence-corrected chi connectivity index (χ2v) is 12.7. The van der Waals surface area contributed by atoms with Gasteiger partial charge in [0.05, 0.1) is 34.4 Å². The summed E-state index contributed by atoms with van der Waals surface area (Å²) in [6.45, 7) is 8.96. The molecule has 4 aromatic rings. The Morgan fingerprint density at radius 1 is 1.16 bits per heavy atom. The van der Waals surface area contributed by atoms with Crippen LogP contribution in [0.4, 0.5) is 20.3 Å². The molecular weight excluding hydrogens is 584 g/mol. The van der Waals surface area contributed by atoms with Crippen LogP contribution in [0, 0.1) is 11.6 Å². The summed E-state index contributed by atoms with van der Waals surface area (Å²) in [5.74, 6) is -0.528. The van der Waals surface area contributed by atoms with Gasteiger partial charge >= 0.3 is 5.69 Å². The summed E-state index contributed by atoms with van der Waals surface area (Å²) < 4.78 is 33.1. The van der Waals surface area contributed by atoms with Crippen LogP contribution in [-0.4, -0.2) is 67.8 Å². The molecule has 3 aliphatic rings. The number of halogens is 2. The Kier molecular flexibility index (Phi) is 7.11. The average Bonchev–Trinajstić information content (AvgIpc) is 3.81. The zero-order chi connectivity index (χ0) is 30.7. The third kappa shape index (κ3) is 4.63. The summed E-state index contributed by atoms with van der Waals surface area (Å²) in [6, 6.07) is 7.61. The average molecular weight is 616 g/mol. The second-order valence-electron chi connectivity index (χ2n) is 11.5. The van der Waals surface area contributed by atoms with E-state index in [-0.39, 0.29) is 40.8 Å². The van der Waals surface area contributed by atoms with Gasteiger partial charge in [0, 0.05) is 36.4 Å². The molecule has 12 heteroatoms. The topological polar surface area (TPSA) is 96.3 Å². The number of amides is 1. The van der Waals surface area contributed by atoms with Crippen molar-refractivity contribution in [2.75, 3.05) is 35.6 Å². The van der Waals surface area contributed by atoms with Crippen molar-refractivity contribution in [1.82, 2.24) is 24.4 Å². The minimum atomic E-state index is -0.730. The summed E-state index contributed by atoms with van der Waals surface area (Å²) in [6.07, 6.45) is 4.47. The fraction of sp³-hybridized carbons (Fsp3) is 0.344. The van der Waals surface area contributed by atoms with E-state index in [9.17, 15) is 9.59 Å². The van der Waals surface area contributed by atoms with Crippen molar-refractivity contribution in [2.24, 2.45) is 0 Å².